The van der Waals surface area contributed by atoms with Crippen molar-refractivity contribution in [3.63, 3.8) is 0 Å². The standard InChI is InChI=1S/C31H37ClN2O/c1-3-5-19-35-29-11-7-23(20-28(29)32)6-8-24-9-10-27(26(22-34)25(24)21-33)31-16-13-30(12-4-2,14-17-31)15-18-31/h7,9-11,20H,3-6,8,12-19H2,1-2H3. The summed E-state index contributed by atoms with van der Waals surface area (Å²) >= 11 is 6.45. The molecule has 3 fully saturated rings. The van der Waals surface area contributed by atoms with Gasteiger partial charge in [-0.25, -0.2) is 0 Å². The lowest BCUT2D eigenvalue weighted by Gasteiger charge is -2.54. The molecule has 0 aromatic heterocycles. The third kappa shape index (κ3) is 5.22. The Morgan fingerprint density at radius 2 is 1.60 bits per heavy atom. The number of benzene rings is 2. The van der Waals surface area contributed by atoms with Crippen molar-refractivity contribution < 1.29 is 4.74 Å². The van der Waals surface area contributed by atoms with Gasteiger partial charge in [-0.15, -0.1) is 0 Å². The zero-order chi connectivity index (χ0) is 24.9. The highest BCUT2D eigenvalue weighted by molar-refractivity contribution is 6.32. The monoisotopic (exact) mass is 488 g/mol. The van der Waals surface area contributed by atoms with Gasteiger partial charge in [0, 0.05) is 0 Å². The zero-order valence-electron chi connectivity index (χ0n) is 21.3. The fraction of sp³-hybridized carbons (Fsp3) is 0.548. The number of halogens is 1. The predicted molar refractivity (Wildman–Crippen MR) is 142 cm³/mol. The Kier molecular flexibility index (Phi) is 8.09. The largest absolute Gasteiger partial charge is 0.492 e. The van der Waals surface area contributed by atoms with Gasteiger partial charge in [-0.3, -0.25) is 0 Å². The molecule has 0 unspecified atom stereocenters. The Balaban J connectivity index is 1.52. The summed E-state index contributed by atoms with van der Waals surface area (Å²) in [6.07, 6.45) is 13.4. The lowest BCUT2D eigenvalue weighted by Crippen LogP contribution is -2.44. The van der Waals surface area contributed by atoms with E-state index < -0.39 is 0 Å². The van der Waals surface area contributed by atoms with Crippen LogP contribution in [0, 0.1) is 28.1 Å². The number of ether oxygens (including phenoxy) is 1. The Bertz CT molecular complexity index is 1120. The van der Waals surface area contributed by atoms with E-state index in [1.165, 1.54) is 32.1 Å². The lowest BCUT2D eigenvalue weighted by molar-refractivity contribution is 0.0319. The van der Waals surface area contributed by atoms with E-state index in [2.05, 4.69) is 38.1 Å². The van der Waals surface area contributed by atoms with E-state index in [4.69, 9.17) is 16.3 Å². The van der Waals surface area contributed by atoms with E-state index >= 15 is 0 Å². The zero-order valence-corrected chi connectivity index (χ0v) is 22.0. The second-order valence-electron chi connectivity index (χ2n) is 10.7. The minimum atomic E-state index is 0.0752. The summed E-state index contributed by atoms with van der Waals surface area (Å²) in [5.74, 6) is 0.722. The van der Waals surface area contributed by atoms with Gasteiger partial charge in [0.25, 0.3) is 0 Å². The topological polar surface area (TPSA) is 56.8 Å². The van der Waals surface area contributed by atoms with Crippen molar-refractivity contribution in [2.75, 3.05) is 6.61 Å². The predicted octanol–water partition coefficient (Wildman–Crippen LogP) is 8.44. The van der Waals surface area contributed by atoms with Crippen molar-refractivity contribution in [2.45, 2.75) is 96.3 Å². The van der Waals surface area contributed by atoms with Crippen LogP contribution in [0.1, 0.15) is 106 Å². The van der Waals surface area contributed by atoms with Crippen LogP contribution in [0.2, 0.25) is 5.02 Å². The molecular weight excluding hydrogens is 452 g/mol. The second-order valence-corrected chi connectivity index (χ2v) is 11.2. The maximum absolute atomic E-state index is 10.2. The molecular formula is C31H37ClN2O. The molecule has 3 aliphatic rings. The van der Waals surface area contributed by atoms with E-state index in [0.29, 0.717) is 34.6 Å². The molecule has 35 heavy (non-hydrogen) atoms. The van der Waals surface area contributed by atoms with E-state index in [0.717, 1.165) is 61.0 Å². The summed E-state index contributed by atoms with van der Waals surface area (Å²) in [5.41, 5.74) is 4.98. The minimum absolute atomic E-state index is 0.0752. The molecule has 0 spiro atoms. The summed E-state index contributed by atoms with van der Waals surface area (Å²) in [6.45, 7) is 5.10. The van der Waals surface area contributed by atoms with Gasteiger partial charge < -0.3 is 4.74 Å². The molecule has 3 nitrogen and oxygen atoms in total. The molecule has 0 atom stereocenters. The molecule has 4 heteroatoms. The summed E-state index contributed by atoms with van der Waals surface area (Å²) in [5, 5.41) is 20.8. The van der Waals surface area contributed by atoms with Gasteiger partial charge in [0.1, 0.15) is 17.9 Å². The fourth-order valence-corrected chi connectivity index (χ4v) is 6.79. The first-order valence-electron chi connectivity index (χ1n) is 13.4. The first-order valence-corrected chi connectivity index (χ1v) is 13.8. The molecule has 0 radical (unpaired) electrons. The van der Waals surface area contributed by atoms with Crippen LogP contribution in [-0.4, -0.2) is 6.61 Å². The van der Waals surface area contributed by atoms with Gasteiger partial charge in [0.2, 0.25) is 0 Å². The van der Waals surface area contributed by atoms with Gasteiger partial charge >= 0.3 is 0 Å². The van der Waals surface area contributed by atoms with E-state index in [-0.39, 0.29) is 5.41 Å². The van der Waals surface area contributed by atoms with Crippen LogP contribution >= 0.6 is 11.6 Å². The van der Waals surface area contributed by atoms with Crippen molar-refractivity contribution in [3.8, 4) is 17.9 Å². The Morgan fingerprint density at radius 3 is 2.20 bits per heavy atom. The lowest BCUT2D eigenvalue weighted by atomic mass is 9.50. The number of fused-ring (bicyclic) bond motifs is 3. The molecule has 184 valence electrons. The second kappa shape index (κ2) is 11.1. The van der Waals surface area contributed by atoms with Crippen LogP contribution in [-0.2, 0) is 18.3 Å². The average molecular weight is 489 g/mol. The number of unbranched alkanes of at least 4 members (excludes halogenated alkanes) is 1. The number of nitrogens with zero attached hydrogens (tertiary/aromatic N) is 2. The maximum Gasteiger partial charge on any atom is 0.137 e. The summed E-state index contributed by atoms with van der Waals surface area (Å²) < 4.78 is 5.76. The molecule has 2 aromatic rings. The first-order chi connectivity index (χ1) is 17.0. The third-order valence-corrected chi connectivity index (χ3v) is 9.00. The third-order valence-electron chi connectivity index (χ3n) is 8.70. The SMILES string of the molecule is CCCCOc1ccc(CCc2ccc(C34CCC(CCC)(CC3)CC4)c(C#N)c2C#N)cc1Cl. The molecule has 5 rings (SSSR count). The van der Waals surface area contributed by atoms with Crippen LogP contribution in [0.4, 0.5) is 0 Å². The van der Waals surface area contributed by atoms with Crippen molar-refractivity contribution in [3.05, 3.63) is 63.2 Å². The van der Waals surface area contributed by atoms with Crippen molar-refractivity contribution in [2.24, 2.45) is 5.41 Å². The van der Waals surface area contributed by atoms with E-state index in [1.54, 1.807) is 0 Å². The normalized spacial score (nSPS) is 23.0. The summed E-state index contributed by atoms with van der Waals surface area (Å²) in [6, 6.07) is 15.1. The Morgan fingerprint density at radius 1 is 0.886 bits per heavy atom. The van der Waals surface area contributed by atoms with Crippen LogP contribution < -0.4 is 4.74 Å². The molecule has 0 N–H and O–H groups in total. The number of nitriles is 2. The van der Waals surface area contributed by atoms with Crippen LogP contribution in [0.25, 0.3) is 0 Å². The number of rotatable bonds is 10. The van der Waals surface area contributed by atoms with E-state index in [9.17, 15) is 10.5 Å². The highest BCUT2D eigenvalue weighted by atomic mass is 35.5. The fourth-order valence-electron chi connectivity index (χ4n) is 6.53. The molecule has 2 bridgehead atoms. The Labute approximate surface area is 216 Å². The van der Waals surface area contributed by atoms with Crippen LogP contribution in [0.3, 0.4) is 0 Å². The van der Waals surface area contributed by atoms with Gasteiger partial charge in [-0.05, 0) is 104 Å². The molecule has 2 aromatic carbocycles. The van der Waals surface area contributed by atoms with E-state index in [1.807, 2.05) is 18.2 Å². The number of hydrogen-bond acceptors (Lipinski definition) is 3. The molecule has 0 amide bonds. The van der Waals surface area contributed by atoms with Gasteiger partial charge in [-0.2, -0.15) is 10.5 Å². The van der Waals surface area contributed by atoms with Gasteiger partial charge in [0.05, 0.1) is 22.8 Å². The van der Waals surface area contributed by atoms with Crippen molar-refractivity contribution >= 4 is 11.6 Å². The Hall–Kier alpha value is -2.49. The molecule has 0 heterocycles. The maximum atomic E-state index is 10.2. The molecule has 0 saturated heterocycles. The van der Waals surface area contributed by atoms with Crippen molar-refractivity contribution in [1.29, 1.82) is 10.5 Å². The smallest absolute Gasteiger partial charge is 0.137 e. The van der Waals surface area contributed by atoms with Crippen molar-refractivity contribution in [1.82, 2.24) is 0 Å². The minimum Gasteiger partial charge on any atom is -0.492 e. The van der Waals surface area contributed by atoms with Crippen LogP contribution in [0.5, 0.6) is 5.75 Å². The quantitative estimate of drug-likeness (QED) is 0.315. The summed E-state index contributed by atoms with van der Waals surface area (Å²) in [7, 11) is 0. The highest BCUT2D eigenvalue weighted by Gasteiger charge is 2.49. The molecule has 3 aliphatic carbocycles. The van der Waals surface area contributed by atoms with Gasteiger partial charge in [-0.1, -0.05) is 56.5 Å². The molecule has 0 aliphatic heterocycles. The average Bonchev–Trinajstić information content (AvgIpc) is 2.89. The van der Waals surface area contributed by atoms with Gasteiger partial charge in [0.15, 0.2) is 0 Å². The summed E-state index contributed by atoms with van der Waals surface area (Å²) in [4.78, 5) is 0. The highest BCUT2D eigenvalue weighted by Crippen LogP contribution is 2.60. The molecule has 3 saturated carbocycles. The number of aryl methyl sites for hydroxylation is 2. The van der Waals surface area contributed by atoms with Crippen LogP contribution in [0.15, 0.2) is 30.3 Å². The number of hydrogen-bond donors (Lipinski definition) is 0. The first kappa shape index (κ1) is 25.6.